The molecule has 18 heavy (non-hydrogen) atoms. The van der Waals surface area contributed by atoms with E-state index in [4.69, 9.17) is 22.7 Å². The van der Waals surface area contributed by atoms with Gasteiger partial charge < -0.3 is 10.5 Å². The van der Waals surface area contributed by atoms with E-state index in [2.05, 4.69) is 4.90 Å². The van der Waals surface area contributed by atoms with Crippen LogP contribution < -0.4 is 10.5 Å². The highest BCUT2D eigenvalue weighted by Crippen LogP contribution is 2.23. The lowest BCUT2D eigenvalue weighted by Gasteiger charge is -2.23. The molecule has 1 unspecified atom stereocenters. The predicted octanol–water partition coefficient (Wildman–Crippen LogP) is 2.08. The topological polar surface area (TPSA) is 38.5 Å². The maximum absolute atomic E-state index is 13.6. The second-order valence-corrected chi connectivity index (χ2v) is 4.97. The summed E-state index contributed by atoms with van der Waals surface area (Å²) in [5.74, 6) is -0.0628. The molecule has 0 amide bonds. The van der Waals surface area contributed by atoms with Gasteiger partial charge in [-0.05, 0) is 37.1 Å². The summed E-state index contributed by atoms with van der Waals surface area (Å²) in [6.07, 6.45) is 2.08. The van der Waals surface area contributed by atoms with Crippen LogP contribution in [0.5, 0.6) is 5.75 Å². The van der Waals surface area contributed by atoms with E-state index >= 15 is 0 Å². The SMILES string of the molecule is COc1ccc(CN2CCCC2C(N)=S)cc1F. The molecule has 0 spiro atoms. The Bertz CT molecular complexity index is 453. The van der Waals surface area contributed by atoms with Crippen molar-refractivity contribution in [2.45, 2.75) is 25.4 Å². The van der Waals surface area contributed by atoms with E-state index in [1.807, 2.05) is 6.07 Å². The molecule has 0 saturated carbocycles. The van der Waals surface area contributed by atoms with Crippen LogP contribution in [-0.4, -0.2) is 29.6 Å². The quantitative estimate of drug-likeness (QED) is 0.849. The first kappa shape index (κ1) is 13.2. The Morgan fingerprint density at radius 1 is 1.61 bits per heavy atom. The van der Waals surface area contributed by atoms with Gasteiger partial charge in [-0.2, -0.15) is 0 Å². The molecule has 5 heteroatoms. The van der Waals surface area contributed by atoms with E-state index in [9.17, 15) is 4.39 Å². The third-order valence-corrected chi connectivity index (χ3v) is 3.57. The molecule has 1 fully saturated rings. The van der Waals surface area contributed by atoms with Crippen LogP contribution in [0.2, 0.25) is 0 Å². The molecule has 1 aliphatic heterocycles. The lowest BCUT2D eigenvalue weighted by molar-refractivity contribution is 0.294. The monoisotopic (exact) mass is 268 g/mol. The maximum Gasteiger partial charge on any atom is 0.165 e. The van der Waals surface area contributed by atoms with Gasteiger partial charge in [0.15, 0.2) is 11.6 Å². The summed E-state index contributed by atoms with van der Waals surface area (Å²) in [4.78, 5) is 2.73. The third kappa shape index (κ3) is 2.79. The summed E-state index contributed by atoms with van der Waals surface area (Å²) in [6, 6.07) is 5.17. The van der Waals surface area contributed by atoms with Crippen molar-refractivity contribution in [3.05, 3.63) is 29.6 Å². The standard InChI is InChI=1S/C13H17FN2OS/c1-17-12-5-4-9(7-10(12)14)8-16-6-2-3-11(16)13(15)18/h4-5,7,11H,2-3,6,8H2,1H3,(H2,15,18). The first-order valence-electron chi connectivity index (χ1n) is 5.97. The largest absolute Gasteiger partial charge is 0.494 e. The average Bonchev–Trinajstić information content (AvgIpc) is 2.77. The molecule has 1 aliphatic rings. The highest BCUT2D eigenvalue weighted by molar-refractivity contribution is 7.80. The van der Waals surface area contributed by atoms with Gasteiger partial charge in [0.05, 0.1) is 18.1 Å². The molecule has 1 saturated heterocycles. The van der Waals surface area contributed by atoms with E-state index in [-0.39, 0.29) is 17.6 Å². The lowest BCUT2D eigenvalue weighted by atomic mass is 10.1. The van der Waals surface area contributed by atoms with Crippen LogP contribution in [0.15, 0.2) is 18.2 Å². The summed E-state index contributed by atoms with van der Waals surface area (Å²) in [7, 11) is 1.46. The van der Waals surface area contributed by atoms with E-state index in [1.54, 1.807) is 6.07 Å². The molecule has 1 atom stereocenters. The van der Waals surface area contributed by atoms with Crippen molar-refractivity contribution in [1.82, 2.24) is 4.90 Å². The van der Waals surface area contributed by atoms with Gasteiger partial charge in [0.2, 0.25) is 0 Å². The number of hydrogen-bond acceptors (Lipinski definition) is 3. The van der Waals surface area contributed by atoms with Crippen LogP contribution in [0, 0.1) is 5.82 Å². The number of nitrogens with two attached hydrogens (primary N) is 1. The fraction of sp³-hybridized carbons (Fsp3) is 0.462. The van der Waals surface area contributed by atoms with Gasteiger partial charge in [0.25, 0.3) is 0 Å². The lowest BCUT2D eigenvalue weighted by Crippen LogP contribution is -2.38. The van der Waals surface area contributed by atoms with Crippen LogP contribution in [0.25, 0.3) is 0 Å². The molecule has 0 bridgehead atoms. The zero-order chi connectivity index (χ0) is 13.1. The fourth-order valence-electron chi connectivity index (χ4n) is 2.38. The van der Waals surface area contributed by atoms with Crippen LogP contribution >= 0.6 is 12.2 Å². The highest BCUT2D eigenvalue weighted by atomic mass is 32.1. The van der Waals surface area contributed by atoms with Gasteiger partial charge in [-0.15, -0.1) is 0 Å². The van der Waals surface area contributed by atoms with Crippen LogP contribution in [0.4, 0.5) is 4.39 Å². The minimum Gasteiger partial charge on any atom is -0.494 e. The van der Waals surface area contributed by atoms with Crippen LogP contribution in [-0.2, 0) is 6.54 Å². The van der Waals surface area contributed by atoms with Crippen molar-refractivity contribution in [2.24, 2.45) is 5.73 Å². The van der Waals surface area contributed by atoms with E-state index < -0.39 is 0 Å². The number of methoxy groups -OCH3 is 1. The van der Waals surface area contributed by atoms with E-state index in [0.29, 0.717) is 11.5 Å². The van der Waals surface area contributed by atoms with E-state index in [0.717, 1.165) is 24.9 Å². The van der Waals surface area contributed by atoms with Gasteiger partial charge in [-0.25, -0.2) is 4.39 Å². The molecule has 1 heterocycles. The number of likely N-dealkylation sites (tertiary alicyclic amines) is 1. The van der Waals surface area contributed by atoms with E-state index in [1.165, 1.54) is 13.2 Å². The van der Waals surface area contributed by atoms with Crippen molar-refractivity contribution >= 4 is 17.2 Å². The number of benzene rings is 1. The van der Waals surface area contributed by atoms with Crippen molar-refractivity contribution in [1.29, 1.82) is 0 Å². The second-order valence-electron chi connectivity index (χ2n) is 4.50. The fourth-order valence-corrected chi connectivity index (χ4v) is 2.65. The minimum absolute atomic E-state index is 0.144. The summed E-state index contributed by atoms with van der Waals surface area (Å²) in [5, 5.41) is 0. The van der Waals surface area contributed by atoms with Crippen LogP contribution in [0.3, 0.4) is 0 Å². The van der Waals surface area contributed by atoms with Crippen molar-refractivity contribution in [2.75, 3.05) is 13.7 Å². The number of thiocarbonyl (C=S) groups is 1. The summed E-state index contributed by atoms with van der Waals surface area (Å²) >= 11 is 5.06. The van der Waals surface area contributed by atoms with Crippen molar-refractivity contribution in [3.63, 3.8) is 0 Å². The first-order chi connectivity index (χ1) is 8.61. The maximum atomic E-state index is 13.6. The Labute approximate surface area is 112 Å². The Morgan fingerprint density at radius 3 is 3.00 bits per heavy atom. The smallest absolute Gasteiger partial charge is 0.165 e. The second kappa shape index (κ2) is 5.63. The van der Waals surface area contributed by atoms with Crippen molar-refractivity contribution < 1.29 is 9.13 Å². The van der Waals surface area contributed by atoms with Gasteiger partial charge in [-0.1, -0.05) is 18.3 Å². The summed E-state index contributed by atoms with van der Waals surface area (Å²) in [6.45, 7) is 1.62. The average molecular weight is 268 g/mol. The molecule has 0 aliphatic carbocycles. The molecule has 0 radical (unpaired) electrons. The molecule has 0 aromatic heterocycles. The Kier molecular flexibility index (Phi) is 4.14. The number of rotatable bonds is 4. The molecule has 2 N–H and O–H groups in total. The number of ether oxygens (including phenoxy) is 1. The van der Waals surface area contributed by atoms with Gasteiger partial charge >= 0.3 is 0 Å². The Balaban J connectivity index is 2.09. The van der Waals surface area contributed by atoms with Gasteiger partial charge in [-0.3, -0.25) is 4.90 Å². The van der Waals surface area contributed by atoms with Crippen molar-refractivity contribution in [3.8, 4) is 5.75 Å². The molecule has 1 aromatic carbocycles. The number of hydrogen-bond donors (Lipinski definition) is 1. The summed E-state index contributed by atoms with van der Waals surface area (Å²) < 4.78 is 18.5. The zero-order valence-corrected chi connectivity index (χ0v) is 11.2. The molecule has 1 aromatic rings. The van der Waals surface area contributed by atoms with Gasteiger partial charge in [0.1, 0.15) is 0 Å². The Hall–Kier alpha value is -1.20. The molecular weight excluding hydrogens is 251 g/mol. The molecule has 2 rings (SSSR count). The minimum atomic E-state index is -0.332. The molecular formula is C13H17FN2OS. The normalized spacial score (nSPS) is 20.0. The first-order valence-corrected chi connectivity index (χ1v) is 6.38. The Morgan fingerprint density at radius 2 is 2.39 bits per heavy atom. The predicted molar refractivity (Wildman–Crippen MR) is 73.2 cm³/mol. The zero-order valence-electron chi connectivity index (χ0n) is 10.4. The molecule has 3 nitrogen and oxygen atoms in total. The highest BCUT2D eigenvalue weighted by Gasteiger charge is 2.26. The van der Waals surface area contributed by atoms with Gasteiger partial charge in [0, 0.05) is 6.54 Å². The third-order valence-electron chi connectivity index (χ3n) is 3.29. The number of nitrogens with zero attached hydrogens (tertiary/aromatic N) is 1. The van der Waals surface area contributed by atoms with Crippen LogP contribution in [0.1, 0.15) is 18.4 Å². The number of halogens is 1. The molecule has 98 valence electrons. The summed E-state index contributed by atoms with van der Waals surface area (Å²) in [5.41, 5.74) is 6.63.